The summed E-state index contributed by atoms with van der Waals surface area (Å²) in [7, 11) is 0. The molecule has 1 aliphatic carbocycles. The number of aromatic nitrogens is 3. The van der Waals surface area contributed by atoms with Gasteiger partial charge in [-0.1, -0.05) is 89.6 Å². The van der Waals surface area contributed by atoms with Crippen LogP contribution < -0.4 is 9.13 Å². The minimum atomic E-state index is 0.266. The molecule has 7 aromatic rings. The highest BCUT2D eigenvalue weighted by atomic mass is 16.3. The largest absolute Gasteiger partial charge is 0.437 e. The molecular weight excluding hydrogens is 755 g/mol. The van der Waals surface area contributed by atoms with Crippen molar-refractivity contribution in [2.45, 2.75) is 137 Å². The van der Waals surface area contributed by atoms with Crippen LogP contribution in [0.3, 0.4) is 0 Å². The van der Waals surface area contributed by atoms with E-state index in [-0.39, 0.29) is 12.0 Å². The number of hydrogen-bond donors (Lipinski definition) is 0. The van der Waals surface area contributed by atoms with Crippen LogP contribution in [-0.2, 0) is 6.42 Å². The van der Waals surface area contributed by atoms with Crippen LogP contribution in [0.4, 0.5) is 0 Å². The van der Waals surface area contributed by atoms with Crippen LogP contribution in [0.1, 0.15) is 153 Å². The molecule has 3 aromatic carbocycles. The minimum Gasteiger partial charge on any atom is -0.437 e. The fourth-order valence-corrected chi connectivity index (χ4v) is 12.1. The van der Waals surface area contributed by atoms with E-state index in [1.54, 1.807) is 0 Å². The lowest BCUT2D eigenvalue weighted by Crippen LogP contribution is -2.49. The highest BCUT2D eigenvalue weighted by molar-refractivity contribution is 6.09. The van der Waals surface area contributed by atoms with Gasteiger partial charge in [0.25, 0.3) is 0 Å². The molecule has 4 heteroatoms. The predicted octanol–water partition coefficient (Wildman–Crippen LogP) is 14.7. The van der Waals surface area contributed by atoms with Crippen molar-refractivity contribution in [1.29, 1.82) is 0 Å². The third-order valence-electron chi connectivity index (χ3n) is 15.2. The number of allylic oxidation sites excluding steroid dienone is 1. The van der Waals surface area contributed by atoms with E-state index in [9.17, 15) is 0 Å². The van der Waals surface area contributed by atoms with E-state index in [2.05, 4.69) is 164 Å². The molecule has 4 atom stereocenters. The number of hydrogen-bond acceptors (Lipinski definition) is 2. The van der Waals surface area contributed by atoms with Crippen LogP contribution in [0.5, 0.6) is 0 Å². The Hall–Kier alpha value is -5.35. The smallest absolute Gasteiger partial charge is 0.227 e. The first-order valence-corrected chi connectivity index (χ1v) is 23.6. The normalized spacial score (nSPS) is 21.2. The zero-order valence-corrected chi connectivity index (χ0v) is 38.8. The number of fused-ring (bicyclic) bond motifs is 13. The molecule has 3 aliphatic rings. The zero-order chi connectivity index (χ0) is 43.3. The van der Waals surface area contributed by atoms with Crippen LogP contribution in [0.15, 0.2) is 96.2 Å². The molecule has 6 heterocycles. The maximum Gasteiger partial charge on any atom is 0.227 e. The molecule has 0 amide bonds. The van der Waals surface area contributed by atoms with Crippen LogP contribution >= 0.6 is 0 Å². The van der Waals surface area contributed by atoms with Crippen molar-refractivity contribution in [1.82, 2.24) is 4.98 Å². The summed E-state index contributed by atoms with van der Waals surface area (Å²) in [4.78, 5) is 5.40. The molecule has 0 radical (unpaired) electrons. The third kappa shape index (κ3) is 6.75. The van der Waals surface area contributed by atoms with E-state index in [1.807, 2.05) is 0 Å². The number of nitrogens with zero attached hydrogens (tertiary/aromatic N) is 3. The summed E-state index contributed by atoms with van der Waals surface area (Å²) < 4.78 is 12.3. The Morgan fingerprint density at radius 1 is 0.710 bits per heavy atom. The zero-order valence-electron chi connectivity index (χ0n) is 38.8. The van der Waals surface area contributed by atoms with Gasteiger partial charge in [0.2, 0.25) is 17.1 Å². The average molecular weight is 820 g/mol. The summed E-state index contributed by atoms with van der Waals surface area (Å²) in [5.41, 5.74) is 22.3. The van der Waals surface area contributed by atoms with Crippen LogP contribution in [-0.4, -0.2) is 4.98 Å². The Morgan fingerprint density at radius 3 is 2.15 bits per heavy atom. The Bertz CT molecular complexity index is 2910. The highest BCUT2D eigenvalue weighted by Gasteiger charge is 2.43. The summed E-state index contributed by atoms with van der Waals surface area (Å²) in [6.07, 6.45) is 11.5. The lowest BCUT2D eigenvalue weighted by atomic mass is 9.73. The first kappa shape index (κ1) is 40.7. The fraction of sp³-hybridized carbons (Fsp3) is 0.397. The molecule has 1 saturated carbocycles. The Balaban J connectivity index is 1.21. The van der Waals surface area contributed by atoms with Gasteiger partial charge in [-0.15, -0.1) is 0 Å². The quantitative estimate of drug-likeness (QED) is 0.166. The van der Waals surface area contributed by atoms with Gasteiger partial charge in [-0.2, -0.15) is 9.13 Å². The minimum absolute atomic E-state index is 0.266. The molecule has 0 N–H and O–H groups in total. The molecule has 0 spiro atoms. The van der Waals surface area contributed by atoms with Crippen LogP contribution in [0, 0.1) is 39.5 Å². The molecule has 62 heavy (non-hydrogen) atoms. The summed E-state index contributed by atoms with van der Waals surface area (Å²) >= 11 is 0. The maximum atomic E-state index is 7.18. The van der Waals surface area contributed by atoms with E-state index in [4.69, 9.17) is 16.0 Å². The highest BCUT2D eigenvalue weighted by Crippen LogP contribution is 2.48. The Morgan fingerprint density at radius 2 is 1.42 bits per heavy atom. The molecule has 10 rings (SSSR count). The summed E-state index contributed by atoms with van der Waals surface area (Å²) in [5, 5.41) is 2.19. The van der Waals surface area contributed by atoms with Crippen molar-refractivity contribution in [2.75, 3.05) is 0 Å². The van der Waals surface area contributed by atoms with Crippen LogP contribution in [0.2, 0.25) is 0 Å². The Kier molecular flexibility index (Phi) is 10.2. The predicted molar refractivity (Wildman–Crippen MR) is 257 cm³/mol. The lowest BCUT2D eigenvalue weighted by Gasteiger charge is -2.33. The lowest BCUT2D eigenvalue weighted by molar-refractivity contribution is -0.719. The average Bonchev–Trinajstić information content (AvgIpc) is 3.60. The number of furan rings is 1. The second-order valence-corrected chi connectivity index (χ2v) is 20.5. The van der Waals surface area contributed by atoms with Gasteiger partial charge in [-0.05, 0) is 141 Å². The van der Waals surface area contributed by atoms with Crippen molar-refractivity contribution in [3.05, 3.63) is 142 Å². The molecule has 0 saturated heterocycles. The summed E-state index contributed by atoms with van der Waals surface area (Å²) in [5.74, 6) is 2.99. The van der Waals surface area contributed by atoms with Crippen molar-refractivity contribution < 1.29 is 13.6 Å². The Labute approximate surface area is 369 Å². The van der Waals surface area contributed by atoms with E-state index >= 15 is 0 Å². The molecule has 2 aliphatic heterocycles. The second kappa shape index (κ2) is 15.5. The second-order valence-electron chi connectivity index (χ2n) is 20.5. The van der Waals surface area contributed by atoms with E-state index in [1.165, 1.54) is 97.4 Å². The molecule has 4 unspecified atom stereocenters. The summed E-state index contributed by atoms with van der Waals surface area (Å²) in [6.45, 7) is 28.2. The number of aryl methyl sites for hydroxylation is 5. The molecule has 4 nitrogen and oxygen atoms in total. The van der Waals surface area contributed by atoms with Crippen molar-refractivity contribution in [2.24, 2.45) is 11.8 Å². The molecule has 316 valence electrons. The number of benzene rings is 3. The summed E-state index contributed by atoms with van der Waals surface area (Å²) in [6, 6.07) is 28.2. The van der Waals surface area contributed by atoms with Gasteiger partial charge in [0.05, 0.1) is 17.2 Å². The topological polar surface area (TPSA) is 33.8 Å². The van der Waals surface area contributed by atoms with Gasteiger partial charge in [-0.25, -0.2) is 4.98 Å². The maximum absolute atomic E-state index is 7.18. The monoisotopic (exact) mass is 820 g/mol. The van der Waals surface area contributed by atoms with Gasteiger partial charge in [0, 0.05) is 58.0 Å². The number of pyridine rings is 3. The molecular formula is C58H65N3O+2. The fourth-order valence-electron chi connectivity index (χ4n) is 12.1. The van der Waals surface area contributed by atoms with E-state index in [0.717, 1.165) is 58.8 Å². The van der Waals surface area contributed by atoms with Gasteiger partial charge in [0.15, 0.2) is 29.7 Å². The van der Waals surface area contributed by atoms with Crippen molar-refractivity contribution >= 4 is 27.8 Å². The van der Waals surface area contributed by atoms with Gasteiger partial charge in [0.1, 0.15) is 0 Å². The van der Waals surface area contributed by atoms with E-state index < -0.39 is 0 Å². The first-order valence-electron chi connectivity index (χ1n) is 23.6. The standard InChI is InChI=1S/C58H65N3O/c1-32(2)43-13-12-14-44(33(3)4)56(43)51-21-20-47-46-19-16-41-17-22-52-49(48-26-34(5)15-18-45(48)53-27-37(8)39(10)30-61(52)53)29-40(11)60-31-50(42-24-35(6)23-36(7)25-42)38(9)28-54(60)55(41)57(46)62-58(47)59-51/h12-16,18-21,26-28,30-33,35-36,42,49,52H,11,17,22-25,29H2,1-10H3/q+2. The van der Waals surface area contributed by atoms with Gasteiger partial charge >= 0.3 is 0 Å². The van der Waals surface area contributed by atoms with Crippen molar-refractivity contribution in [3.63, 3.8) is 0 Å². The molecule has 1 fully saturated rings. The van der Waals surface area contributed by atoms with Crippen molar-refractivity contribution in [3.8, 4) is 33.8 Å². The van der Waals surface area contributed by atoms with E-state index in [0.29, 0.717) is 23.5 Å². The third-order valence-corrected chi connectivity index (χ3v) is 15.2. The molecule has 4 aromatic heterocycles. The first-order chi connectivity index (χ1) is 29.7. The van der Waals surface area contributed by atoms with Gasteiger partial charge in [-0.3, -0.25) is 0 Å². The van der Waals surface area contributed by atoms with Crippen LogP contribution in [0.25, 0.3) is 61.5 Å². The number of rotatable bonds is 4. The molecule has 0 bridgehead atoms. The SMILES string of the molecule is C=C1CC2c3cc(C)ccc3-c3cc(C)c(C)c[n+]3C2CCc2ccc3c(oc4nc(-c5c(C(C)C)cccc5C(C)C)ccc43)c2-c2cc(C)c(C3CC(C)CC(C)C3)c[n+]21. The van der Waals surface area contributed by atoms with Gasteiger partial charge < -0.3 is 4.42 Å².